The van der Waals surface area contributed by atoms with Crippen LogP contribution in [0.15, 0.2) is 0 Å². The van der Waals surface area contributed by atoms with Crippen molar-refractivity contribution in [2.75, 3.05) is 73.6 Å². The summed E-state index contributed by atoms with van der Waals surface area (Å²) < 4.78 is 10.5. The van der Waals surface area contributed by atoms with Gasteiger partial charge in [0.05, 0.1) is 13.2 Å². The molecule has 6 unspecified atom stereocenters. The highest BCUT2D eigenvalue weighted by atomic mass is 16.7. The maximum atomic E-state index is 12.4. The number of aliphatic hydroxyl groups excluding tert-OH is 8. The molecule has 15 heteroatoms. The molecule has 15 nitrogen and oxygen atoms in total. The first-order valence-corrected chi connectivity index (χ1v) is 11.9. The SMILES string of the molecule is CNCCN(C)CCN(C)CCNC(=O)C(O)C(O)C(O[C@@H]1OC(CO)[C@H](O)[C@H](O)C1O)C(O)CO. The van der Waals surface area contributed by atoms with Gasteiger partial charge in [-0.2, -0.15) is 0 Å². The molecular formula is C21H44N4O11. The standard InChI is InChI=1S/C21H44N4O11/c1-22-4-6-24(2)8-9-25(3)7-5-23-20(34)17(32)16(31)19(12(28)10-26)36-21-18(33)15(30)14(29)13(11-27)35-21/h12-19,21-22,26-33H,4-11H2,1-3H3,(H,23,34)/t12?,13?,14-,15-,16?,17?,18?,19?,21-/m0/s1. The number of hydrogen-bond donors (Lipinski definition) is 10. The van der Waals surface area contributed by atoms with E-state index < -0.39 is 74.2 Å². The van der Waals surface area contributed by atoms with Crippen molar-refractivity contribution >= 4 is 5.91 Å². The van der Waals surface area contributed by atoms with Crippen molar-refractivity contribution in [3.8, 4) is 0 Å². The molecule has 1 fully saturated rings. The van der Waals surface area contributed by atoms with Gasteiger partial charge in [0.25, 0.3) is 5.91 Å². The normalized spacial score (nSPS) is 28.2. The van der Waals surface area contributed by atoms with Crippen molar-refractivity contribution < 1.29 is 55.1 Å². The molecule has 0 bridgehead atoms. The van der Waals surface area contributed by atoms with E-state index in [1.54, 1.807) is 0 Å². The highest BCUT2D eigenvalue weighted by Crippen LogP contribution is 2.25. The van der Waals surface area contributed by atoms with Crippen molar-refractivity contribution in [2.24, 2.45) is 0 Å². The third-order valence-electron chi connectivity index (χ3n) is 6.03. The van der Waals surface area contributed by atoms with E-state index in [-0.39, 0.29) is 6.54 Å². The monoisotopic (exact) mass is 528 g/mol. The zero-order valence-corrected chi connectivity index (χ0v) is 21.0. The van der Waals surface area contributed by atoms with Gasteiger partial charge in [0, 0.05) is 39.3 Å². The average molecular weight is 529 g/mol. The summed E-state index contributed by atoms with van der Waals surface area (Å²) in [4.78, 5) is 16.5. The topological polar surface area (TPSA) is 228 Å². The van der Waals surface area contributed by atoms with Crippen molar-refractivity contribution in [2.45, 2.75) is 55.1 Å². The Morgan fingerprint density at radius 3 is 2.06 bits per heavy atom. The maximum absolute atomic E-state index is 12.4. The van der Waals surface area contributed by atoms with E-state index in [0.29, 0.717) is 6.54 Å². The number of carbonyl (C=O) groups excluding carboxylic acids is 1. The number of likely N-dealkylation sites (N-methyl/N-ethyl adjacent to an activating group) is 3. The van der Waals surface area contributed by atoms with E-state index >= 15 is 0 Å². The second kappa shape index (κ2) is 16.7. The summed E-state index contributed by atoms with van der Waals surface area (Å²) in [6.45, 7) is 2.22. The van der Waals surface area contributed by atoms with E-state index in [2.05, 4.69) is 15.5 Å². The van der Waals surface area contributed by atoms with Crippen molar-refractivity contribution in [1.82, 2.24) is 20.4 Å². The fourth-order valence-electron chi connectivity index (χ4n) is 3.51. The Balaban J connectivity index is 2.64. The Labute approximate surface area is 210 Å². The maximum Gasteiger partial charge on any atom is 0.251 e. The molecule has 0 aromatic rings. The molecule has 1 rings (SSSR count). The van der Waals surface area contributed by atoms with E-state index in [1.165, 1.54) is 0 Å². The minimum Gasteiger partial charge on any atom is -0.394 e. The molecule has 36 heavy (non-hydrogen) atoms. The third kappa shape index (κ3) is 10.0. The molecule has 0 aromatic heterocycles. The van der Waals surface area contributed by atoms with Crippen LogP contribution in [0.2, 0.25) is 0 Å². The minimum atomic E-state index is -2.08. The molecular weight excluding hydrogens is 484 g/mol. The van der Waals surface area contributed by atoms with E-state index in [4.69, 9.17) is 9.47 Å². The number of hydrogen-bond acceptors (Lipinski definition) is 14. The molecule has 1 heterocycles. The summed E-state index contributed by atoms with van der Waals surface area (Å²) in [5.41, 5.74) is 0. The van der Waals surface area contributed by atoms with Crippen LogP contribution in [0.4, 0.5) is 0 Å². The van der Waals surface area contributed by atoms with E-state index in [0.717, 1.165) is 26.2 Å². The lowest BCUT2D eigenvalue weighted by atomic mass is 9.98. The fourth-order valence-corrected chi connectivity index (χ4v) is 3.51. The summed E-state index contributed by atoms with van der Waals surface area (Å²) in [5, 5.41) is 85.0. The molecule has 1 amide bonds. The average Bonchev–Trinajstić information content (AvgIpc) is 2.87. The van der Waals surface area contributed by atoms with Gasteiger partial charge in [-0.05, 0) is 21.1 Å². The number of aliphatic hydroxyl groups is 8. The zero-order valence-electron chi connectivity index (χ0n) is 21.0. The number of nitrogens with one attached hydrogen (secondary N) is 2. The summed E-state index contributed by atoms with van der Waals surface area (Å²) in [7, 11) is 5.74. The number of carbonyl (C=O) groups is 1. The molecule has 0 saturated carbocycles. The zero-order chi connectivity index (χ0) is 27.4. The molecule has 9 atom stereocenters. The van der Waals surface area contributed by atoms with Crippen LogP contribution in [0.25, 0.3) is 0 Å². The van der Waals surface area contributed by atoms with Gasteiger partial charge in [0.1, 0.15) is 42.7 Å². The second-order valence-electron chi connectivity index (χ2n) is 8.98. The van der Waals surface area contributed by atoms with Crippen LogP contribution in [0.1, 0.15) is 0 Å². The van der Waals surface area contributed by atoms with E-state index in [1.807, 2.05) is 26.0 Å². The van der Waals surface area contributed by atoms with Gasteiger partial charge in [-0.15, -0.1) is 0 Å². The van der Waals surface area contributed by atoms with Gasteiger partial charge in [-0.1, -0.05) is 0 Å². The van der Waals surface area contributed by atoms with Crippen LogP contribution in [-0.2, 0) is 14.3 Å². The number of amides is 1. The second-order valence-corrected chi connectivity index (χ2v) is 8.98. The van der Waals surface area contributed by atoms with Gasteiger partial charge in [-0.3, -0.25) is 4.79 Å². The first-order chi connectivity index (χ1) is 17.0. The smallest absolute Gasteiger partial charge is 0.251 e. The van der Waals surface area contributed by atoms with Crippen molar-refractivity contribution in [1.29, 1.82) is 0 Å². The lowest BCUT2D eigenvalue weighted by Gasteiger charge is -2.42. The Hall–Kier alpha value is -1.05. The van der Waals surface area contributed by atoms with Crippen LogP contribution in [0.5, 0.6) is 0 Å². The highest BCUT2D eigenvalue weighted by molar-refractivity contribution is 5.81. The Kier molecular flexibility index (Phi) is 15.3. The lowest BCUT2D eigenvalue weighted by Crippen LogP contribution is -2.62. The molecule has 214 valence electrons. The van der Waals surface area contributed by atoms with Gasteiger partial charge in [-0.25, -0.2) is 0 Å². The Morgan fingerprint density at radius 1 is 0.944 bits per heavy atom. The molecule has 0 spiro atoms. The van der Waals surface area contributed by atoms with Gasteiger partial charge in [0.2, 0.25) is 0 Å². The van der Waals surface area contributed by atoms with Crippen LogP contribution < -0.4 is 10.6 Å². The largest absolute Gasteiger partial charge is 0.394 e. The minimum absolute atomic E-state index is 0.153. The quantitative estimate of drug-likeness (QED) is 0.0847. The van der Waals surface area contributed by atoms with Gasteiger partial charge >= 0.3 is 0 Å². The van der Waals surface area contributed by atoms with Crippen LogP contribution in [-0.4, -0.2) is 185 Å². The van der Waals surface area contributed by atoms with Gasteiger partial charge < -0.3 is 70.8 Å². The van der Waals surface area contributed by atoms with Crippen molar-refractivity contribution in [3.63, 3.8) is 0 Å². The number of ether oxygens (including phenoxy) is 2. The number of nitrogens with zero attached hydrogens (tertiary/aromatic N) is 2. The van der Waals surface area contributed by atoms with Crippen LogP contribution >= 0.6 is 0 Å². The predicted molar refractivity (Wildman–Crippen MR) is 126 cm³/mol. The molecule has 1 aliphatic heterocycles. The lowest BCUT2D eigenvalue weighted by molar-refractivity contribution is -0.326. The first-order valence-electron chi connectivity index (χ1n) is 11.9. The molecule has 1 aliphatic rings. The molecule has 10 N–H and O–H groups in total. The van der Waals surface area contributed by atoms with Gasteiger partial charge in [0.15, 0.2) is 12.4 Å². The molecule has 0 radical (unpaired) electrons. The van der Waals surface area contributed by atoms with Crippen LogP contribution in [0.3, 0.4) is 0 Å². The van der Waals surface area contributed by atoms with Crippen molar-refractivity contribution in [3.05, 3.63) is 0 Å². The van der Waals surface area contributed by atoms with E-state index in [9.17, 15) is 45.6 Å². The fraction of sp³-hybridized carbons (Fsp3) is 0.952. The molecule has 0 aliphatic carbocycles. The summed E-state index contributed by atoms with van der Waals surface area (Å²) in [6, 6.07) is 0. The Bertz CT molecular complexity index is 620. The first kappa shape index (κ1) is 33.0. The summed E-state index contributed by atoms with van der Waals surface area (Å²) in [5.74, 6) is -0.963. The highest BCUT2D eigenvalue weighted by Gasteiger charge is 2.47. The summed E-state index contributed by atoms with van der Waals surface area (Å²) >= 11 is 0. The third-order valence-corrected chi connectivity index (χ3v) is 6.03. The van der Waals surface area contributed by atoms with Crippen LogP contribution in [0, 0.1) is 0 Å². The number of rotatable bonds is 17. The molecule has 0 aromatic carbocycles. The Morgan fingerprint density at radius 2 is 1.53 bits per heavy atom. The summed E-state index contributed by atoms with van der Waals surface area (Å²) in [6.07, 6.45) is -16.2. The molecule has 1 saturated heterocycles. The predicted octanol–water partition coefficient (Wildman–Crippen LogP) is -6.55.